The fourth-order valence-corrected chi connectivity index (χ4v) is 0.730. The topological polar surface area (TPSA) is 33.0 Å². The first-order valence-corrected chi connectivity index (χ1v) is 3.44. The summed E-state index contributed by atoms with van der Waals surface area (Å²) >= 11 is 0. The van der Waals surface area contributed by atoms with Crippen LogP contribution in [0.2, 0.25) is 0 Å². The highest BCUT2D eigenvalue weighted by Crippen LogP contribution is 2.09. The zero-order chi connectivity index (χ0) is 8.10. The number of nitrogens with zero attached hydrogens (tertiary/aromatic N) is 1. The third-order valence-corrected chi connectivity index (χ3v) is 1.24. The molecule has 1 rings (SSSR count). The molecule has 0 N–H and O–H groups in total. The van der Waals surface area contributed by atoms with Gasteiger partial charge in [0.1, 0.15) is 11.8 Å². The van der Waals surface area contributed by atoms with Crippen LogP contribution in [-0.4, -0.2) is 6.10 Å². The second-order valence-electron chi connectivity index (χ2n) is 2.20. The molecule has 1 aromatic rings. The van der Waals surface area contributed by atoms with Gasteiger partial charge in [-0.1, -0.05) is 18.2 Å². The summed E-state index contributed by atoms with van der Waals surface area (Å²) in [6.07, 6.45) is -0.377. The Labute approximate surface area is 66.0 Å². The first-order chi connectivity index (χ1) is 5.33. The van der Waals surface area contributed by atoms with E-state index in [2.05, 4.69) is 0 Å². The van der Waals surface area contributed by atoms with Gasteiger partial charge < -0.3 is 4.74 Å². The largest absolute Gasteiger partial charge is 0.476 e. The predicted octanol–water partition coefficient (Wildman–Crippen LogP) is 1.98. The summed E-state index contributed by atoms with van der Waals surface area (Å²) < 4.78 is 5.20. The van der Waals surface area contributed by atoms with E-state index in [-0.39, 0.29) is 6.10 Å². The summed E-state index contributed by atoms with van der Waals surface area (Å²) in [6.45, 7) is 1.72. The molecule has 0 aliphatic heterocycles. The van der Waals surface area contributed by atoms with Crippen LogP contribution in [0.3, 0.4) is 0 Å². The lowest BCUT2D eigenvalue weighted by molar-refractivity contribution is 0.276. The van der Waals surface area contributed by atoms with Crippen LogP contribution in [0.4, 0.5) is 0 Å². The number of rotatable bonds is 2. The highest BCUT2D eigenvalue weighted by Gasteiger charge is 1.98. The van der Waals surface area contributed by atoms with E-state index < -0.39 is 0 Å². The van der Waals surface area contributed by atoms with Gasteiger partial charge in [-0.05, 0) is 19.1 Å². The fraction of sp³-hybridized carbons (Fsp3) is 0.222. The van der Waals surface area contributed by atoms with Gasteiger partial charge in [0.2, 0.25) is 0 Å². The molecule has 0 saturated heterocycles. The molecule has 0 fully saturated rings. The molecular formula is C9H9NO. The Morgan fingerprint density at radius 1 is 1.36 bits per heavy atom. The van der Waals surface area contributed by atoms with E-state index in [4.69, 9.17) is 10.00 Å². The lowest BCUT2D eigenvalue weighted by Gasteiger charge is -2.05. The molecule has 0 aliphatic rings. The van der Waals surface area contributed by atoms with Gasteiger partial charge in [0.15, 0.2) is 6.10 Å². The third kappa shape index (κ3) is 2.30. The number of nitriles is 1. The highest BCUT2D eigenvalue weighted by atomic mass is 16.5. The van der Waals surface area contributed by atoms with Crippen LogP contribution in [0.5, 0.6) is 5.75 Å². The van der Waals surface area contributed by atoms with Gasteiger partial charge in [-0.15, -0.1) is 0 Å². The monoisotopic (exact) mass is 147 g/mol. The van der Waals surface area contributed by atoms with Gasteiger partial charge in [-0.2, -0.15) is 5.26 Å². The number of hydrogen-bond donors (Lipinski definition) is 0. The molecule has 0 heterocycles. The molecule has 0 aromatic heterocycles. The van der Waals surface area contributed by atoms with Crippen LogP contribution in [0.25, 0.3) is 0 Å². The molecule has 0 saturated carbocycles. The molecule has 0 bridgehead atoms. The first kappa shape index (κ1) is 7.62. The van der Waals surface area contributed by atoms with Crippen LogP contribution in [0, 0.1) is 11.3 Å². The van der Waals surface area contributed by atoms with E-state index >= 15 is 0 Å². The van der Waals surface area contributed by atoms with E-state index in [0.29, 0.717) is 0 Å². The number of para-hydroxylation sites is 1. The second-order valence-corrected chi connectivity index (χ2v) is 2.20. The molecule has 1 aromatic carbocycles. The van der Waals surface area contributed by atoms with E-state index in [1.54, 1.807) is 6.92 Å². The van der Waals surface area contributed by atoms with Crippen LogP contribution in [0.15, 0.2) is 30.3 Å². The molecule has 2 nitrogen and oxygen atoms in total. The maximum atomic E-state index is 8.42. The second kappa shape index (κ2) is 3.62. The Bertz CT molecular complexity index is 250. The highest BCUT2D eigenvalue weighted by molar-refractivity contribution is 5.21. The van der Waals surface area contributed by atoms with Gasteiger partial charge >= 0.3 is 0 Å². The summed E-state index contributed by atoms with van der Waals surface area (Å²) in [5, 5.41) is 8.42. The quantitative estimate of drug-likeness (QED) is 0.640. The maximum Gasteiger partial charge on any atom is 0.181 e. The Balaban J connectivity index is 2.60. The lowest BCUT2D eigenvalue weighted by Crippen LogP contribution is -2.07. The van der Waals surface area contributed by atoms with Crippen LogP contribution in [-0.2, 0) is 0 Å². The van der Waals surface area contributed by atoms with Crippen molar-refractivity contribution in [2.75, 3.05) is 0 Å². The minimum absolute atomic E-state index is 0.377. The van der Waals surface area contributed by atoms with E-state index in [1.165, 1.54) is 0 Å². The minimum Gasteiger partial charge on any atom is -0.476 e. The lowest BCUT2D eigenvalue weighted by atomic mass is 10.3. The Morgan fingerprint density at radius 3 is 2.55 bits per heavy atom. The van der Waals surface area contributed by atoms with Gasteiger partial charge in [0.25, 0.3) is 0 Å². The van der Waals surface area contributed by atoms with Crippen molar-refractivity contribution in [3.63, 3.8) is 0 Å². The first-order valence-electron chi connectivity index (χ1n) is 3.44. The average Bonchev–Trinajstić information content (AvgIpc) is 2.06. The van der Waals surface area contributed by atoms with Gasteiger partial charge in [0, 0.05) is 0 Å². The average molecular weight is 147 g/mol. The van der Waals surface area contributed by atoms with Crippen molar-refractivity contribution in [3.05, 3.63) is 30.3 Å². The summed E-state index contributed by atoms with van der Waals surface area (Å²) in [5.41, 5.74) is 0. The SMILES string of the molecule is C[C@H](C#N)Oc1ccccc1. The molecule has 0 amide bonds. The standard InChI is InChI=1S/C9H9NO/c1-8(7-10)11-9-5-3-2-4-6-9/h2-6,8H,1H3/t8-/m1/s1. The van der Waals surface area contributed by atoms with Crippen LogP contribution in [0.1, 0.15) is 6.92 Å². The maximum absolute atomic E-state index is 8.42. The molecular weight excluding hydrogens is 138 g/mol. The molecule has 56 valence electrons. The number of ether oxygens (including phenoxy) is 1. The van der Waals surface area contributed by atoms with E-state index in [0.717, 1.165) is 5.75 Å². The van der Waals surface area contributed by atoms with Gasteiger partial charge in [-0.25, -0.2) is 0 Å². The van der Waals surface area contributed by atoms with Crippen molar-refractivity contribution in [1.29, 1.82) is 5.26 Å². The third-order valence-electron chi connectivity index (χ3n) is 1.24. The Kier molecular flexibility index (Phi) is 2.51. The van der Waals surface area contributed by atoms with Crippen molar-refractivity contribution in [2.24, 2.45) is 0 Å². The molecule has 0 spiro atoms. The van der Waals surface area contributed by atoms with E-state index in [1.807, 2.05) is 36.4 Å². The molecule has 0 aliphatic carbocycles. The van der Waals surface area contributed by atoms with Gasteiger partial charge in [0.05, 0.1) is 0 Å². The molecule has 1 atom stereocenters. The normalized spacial score (nSPS) is 11.6. The van der Waals surface area contributed by atoms with Crippen molar-refractivity contribution in [2.45, 2.75) is 13.0 Å². The summed E-state index contributed by atoms with van der Waals surface area (Å²) in [7, 11) is 0. The van der Waals surface area contributed by atoms with Crippen molar-refractivity contribution in [1.82, 2.24) is 0 Å². The smallest absolute Gasteiger partial charge is 0.181 e. The van der Waals surface area contributed by atoms with Gasteiger partial charge in [-0.3, -0.25) is 0 Å². The Morgan fingerprint density at radius 2 is 2.00 bits per heavy atom. The zero-order valence-electron chi connectivity index (χ0n) is 6.32. The van der Waals surface area contributed by atoms with Crippen LogP contribution < -0.4 is 4.74 Å². The van der Waals surface area contributed by atoms with Crippen molar-refractivity contribution in [3.8, 4) is 11.8 Å². The minimum atomic E-state index is -0.377. The fourth-order valence-electron chi connectivity index (χ4n) is 0.730. The molecule has 2 heteroatoms. The van der Waals surface area contributed by atoms with Crippen LogP contribution >= 0.6 is 0 Å². The number of benzene rings is 1. The predicted molar refractivity (Wildman–Crippen MR) is 42.1 cm³/mol. The van der Waals surface area contributed by atoms with Crippen molar-refractivity contribution < 1.29 is 4.74 Å². The molecule has 0 unspecified atom stereocenters. The molecule has 0 radical (unpaired) electrons. The zero-order valence-corrected chi connectivity index (χ0v) is 6.32. The number of hydrogen-bond acceptors (Lipinski definition) is 2. The van der Waals surface area contributed by atoms with E-state index in [9.17, 15) is 0 Å². The summed E-state index contributed by atoms with van der Waals surface area (Å²) in [4.78, 5) is 0. The summed E-state index contributed by atoms with van der Waals surface area (Å²) in [5.74, 6) is 0.738. The van der Waals surface area contributed by atoms with Crippen molar-refractivity contribution >= 4 is 0 Å². The summed E-state index contributed by atoms with van der Waals surface area (Å²) in [6, 6.07) is 11.3. The Hall–Kier alpha value is -1.49. The molecule has 11 heavy (non-hydrogen) atoms.